The van der Waals surface area contributed by atoms with Crippen molar-refractivity contribution in [3.8, 4) is 0 Å². The fourth-order valence-electron chi connectivity index (χ4n) is 2.36. The molecule has 1 fully saturated rings. The first-order valence-electron chi connectivity index (χ1n) is 6.48. The monoisotopic (exact) mass is 237 g/mol. The largest absolute Gasteiger partial charge is 0.392 e. The molecule has 2 rings (SSSR count). The third-order valence-electron chi connectivity index (χ3n) is 4.01. The zero-order chi connectivity index (χ0) is 12.3. The molecule has 2 unspecified atom stereocenters. The van der Waals surface area contributed by atoms with Gasteiger partial charge in [0.25, 0.3) is 0 Å². The number of aliphatic hydroxyl groups excluding tert-OH is 1. The highest BCUT2D eigenvalue weighted by Gasteiger charge is 2.46. The first-order chi connectivity index (χ1) is 8.10. The van der Waals surface area contributed by atoms with Gasteiger partial charge in [0.2, 0.25) is 0 Å². The molecule has 1 aliphatic carbocycles. The summed E-state index contributed by atoms with van der Waals surface area (Å²) in [7, 11) is 0. The maximum Gasteiger partial charge on any atom is 0.0945 e. The van der Waals surface area contributed by atoms with E-state index in [9.17, 15) is 5.11 Å². The molecular weight excluding hydrogens is 214 g/mol. The van der Waals surface area contributed by atoms with Gasteiger partial charge in [-0.25, -0.2) is 4.98 Å². The Morgan fingerprint density at radius 2 is 2.29 bits per heavy atom. The summed E-state index contributed by atoms with van der Waals surface area (Å²) in [6, 6.07) is 0.478. The van der Waals surface area contributed by atoms with Crippen LogP contribution in [0.1, 0.15) is 33.1 Å². The number of nitrogens with zero attached hydrogens (tertiary/aromatic N) is 2. The molecule has 4 nitrogen and oxygen atoms in total. The van der Waals surface area contributed by atoms with E-state index in [0.29, 0.717) is 6.04 Å². The lowest BCUT2D eigenvalue weighted by atomic mass is 9.64. The topological polar surface area (TPSA) is 50.1 Å². The van der Waals surface area contributed by atoms with Gasteiger partial charge in [0, 0.05) is 30.4 Å². The summed E-state index contributed by atoms with van der Waals surface area (Å²) >= 11 is 0. The van der Waals surface area contributed by atoms with Gasteiger partial charge in [-0.3, -0.25) is 0 Å². The fourth-order valence-corrected chi connectivity index (χ4v) is 2.36. The minimum atomic E-state index is -0.133. The van der Waals surface area contributed by atoms with E-state index in [1.807, 2.05) is 18.7 Å². The normalized spacial score (nSPS) is 26.8. The molecular formula is C13H23N3O. The summed E-state index contributed by atoms with van der Waals surface area (Å²) in [6.07, 6.45) is 8.77. The van der Waals surface area contributed by atoms with Crippen molar-refractivity contribution in [2.75, 3.05) is 6.54 Å². The number of aryl methyl sites for hydroxylation is 1. The summed E-state index contributed by atoms with van der Waals surface area (Å²) < 4.78 is 2.11. The standard InChI is InChI=1S/C13H23N3O/c1-13(2)11(9-12(13)17)15-5-3-4-7-16-8-6-14-10-16/h6,8,10-12,15,17H,3-5,7,9H2,1-2H3. The lowest BCUT2D eigenvalue weighted by molar-refractivity contribution is -0.0722. The van der Waals surface area contributed by atoms with Crippen LogP contribution in [0.3, 0.4) is 0 Å². The number of imidazole rings is 1. The number of rotatable bonds is 6. The zero-order valence-corrected chi connectivity index (χ0v) is 10.8. The molecule has 4 heteroatoms. The lowest BCUT2D eigenvalue weighted by Crippen LogP contribution is -2.60. The van der Waals surface area contributed by atoms with E-state index in [1.54, 1.807) is 0 Å². The van der Waals surface area contributed by atoms with Gasteiger partial charge in [-0.05, 0) is 25.8 Å². The Kier molecular flexibility index (Phi) is 3.84. The molecule has 0 aromatic carbocycles. The van der Waals surface area contributed by atoms with E-state index >= 15 is 0 Å². The predicted octanol–water partition coefficient (Wildman–Crippen LogP) is 1.41. The van der Waals surface area contributed by atoms with Crippen LogP contribution in [0.2, 0.25) is 0 Å². The highest BCUT2D eigenvalue weighted by molar-refractivity contribution is 5.01. The molecule has 1 aromatic heterocycles. The van der Waals surface area contributed by atoms with E-state index in [1.165, 1.54) is 12.8 Å². The highest BCUT2D eigenvalue weighted by atomic mass is 16.3. The van der Waals surface area contributed by atoms with Gasteiger partial charge >= 0.3 is 0 Å². The average molecular weight is 237 g/mol. The van der Waals surface area contributed by atoms with Crippen LogP contribution >= 0.6 is 0 Å². The number of aromatic nitrogens is 2. The SMILES string of the molecule is CC1(C)C(O)CC1NCCCCn1ccnc1. The van der Waals surface area contributed by atoms with Gasteiger partial charge < -0.3 is 15.0 Å². The molecule has 0 spiro atoms. The first kappa shape index (κ1) is 12.6. The molecule has 17 heavy (non-hydrogen) atoms. The van der Waals surface area contributed by atoms with E-state index in [4.69, 9.17) is 0 Å². The number of hydrogen-bond donors (Lipinski definition) is 2. The summed E-state index contributed by atoms with van der Waals surface area (Å²) in [4.78, 5) is 4.02. The minimum Gasteiger partial charge on any atom is -0.392 e. The second-order valence-corrected chi connectivity index (χ2v) is 5.59. The molecule has 0 bridgehead atoms. The van der Waals surface area contributed by atoms with Crippen LogP contribution in [0.15, 0.2) is 18.7 Å². The van der Waals surface area contributed by atoms with E-state index < -0.39 is 0 Å². The van der Waals surface area contributed by atoms with Crippen molar-refractivity contribution >= 4 is 0 Å². The Balaban J connectivity index is 1.55. The van der Waals surface area contributed by atoms with Crippen LogP contribution in [0.4, 0.5) is 0 Å². The van der Waals surface area contributed by atoms with E-state index in [-0.39, 0.29) is 11.5 Å². The van der Waals surface area contributed by atoms with Gasteiger partial charge in [0.15, 0.2) is 0 Å². The van der Waals surface area contributed by atoms with Crippen LogP contribution in [-0.4, -0.2) is 33.3 Å². The van der Waals surface area contributed by atoms with Gasteiger partial charge in [-0.15, -0.1) is 0 Å². The van der Waals surface area contributed by atoms with Gasteiger partial charge in [0.05, 0.1) is 12.4 Å². The molecule has 2 atom stereocenters. The molecule has 1 saturated carbocycles. The van der Waals surface area contributed by atoms with Gasteiger partial charge in [-0.1, -0.05) is 13.8 Å². The minimum absolute atomic E-state index is 0.0460. The second kappa shape index (κ2) is 5.19. The van der Waals surface area contributed by atoms with Crippen LogP contribution in [0.5, 0.6) is 0 Å². The Morgan fingerprint density at radius 3 is 2.88 bits per heavy atom. The van der Waals surface area contributed by atoms with Crippen molar-refractivity contribution in [1.82, 2.24) is 14.9 Å². The van der Waals surface area contributed by atoms with Crippen molar-refractivity contribution in [2.45, 2.75) is 51.8 Å². The second-order valence-electron chi connectivity index (χ2n) is 5.59. The molecule has 0 radical (unpaired) electrons. The molecule has 96 valence electrons. The van der Waals surface area contributed by atoms with Crippen molar-refractivity contribution in [3.05, 3.63) is 18.7 Å². The van der Waals surface area contributed by atoms with Crippen LogP contribution in [-0.2, 0) is 6.54 Å². The highest BCUT2D eigenvalue weighted by Crippen LogP contribution is 2.40. The van der Waals surface area contributed by atoms with Gasteiger partial charge in [0.1, 0.15) is 0 Å². The molecule has 2 N–H and O–H groups in total. The number of aliphatic hydroxyl groups is 1. The predicted molar refractivity (Wildman–Crippen MR) is 67.7 cm³/mol. The van der Waals surface area contributed by atoms with Crippen LogP contribution in [0, 0.1) is 5.41 Å². The Hall–Kier alpha value is -0.870. The zero-order valence-electron chi connectivity index (χ0n) is 10.8. The summed E-state index contributed by atoms with van der Waals surface area (Å²) in [5.74, 6) is 0. The van der Waals surface area contributed by atoms with Crippen molar-refractivity contribution in [2.24, 2.45) is 5.41 Å². The van der Waals surface area contributed by atoms with Crippen molar-refractivity contribution in [1.29, 1.82) is 0 Å². The molecule has 0 amide bonds. The Bertz CT molecular complexity index is 334. The van der Waals surface area contributed by atoms with Crippen molar-refractivity contribution in [3.63, 3.8) is 0 Å². The first-order valence-corrected chi connectivity index (χ1v) is 6.48. The lowest BCUT2D eigenvalue weighted by Gasteiger charge is -2.49. The summed E-state index contributed by atoms with van der Waals surface area (Å²) in [5, 5.41) is 13.2. The Labute approximate surface area is 103 Å². The molecule has 0 saturated heterocycles. The third kappa shape index (κ3) is 2.87. The molecule has 1 aromatic rings. The maximum absolute atomic E-state index is 9.62. The molecule has 1 aliphatic rings. The molecule has 1 heterocycles. The average Bonchev–Trinajstić information content (AvgIpc) is 2.80. The number of hydrogen-bond acceptors (Lipinski definition) is 3. The summed E-state index contributed by atoms with van der Waals surface area (Å²) in [6.45, 7) is 6.34. The van der Waals surface area contributed by atoms with Crippen LogP contribution < -0.4 is 5.32 Å². The quantitative estimate of drug-likeness (QED) is 0.736. The Morgan fingerprint density at radius 1 is 1.47 bits per heavy atom. The van der Waals surface area contributed by atoms with Crippen LogP contribution in [0.25, 0.3) is 0 Å². The number of nitrogens with one attached hydrogen (secondary N) is 1. The maximum atomic E-state index is 9.62. The molecule has 0 aliphatic heterocycles. The van der Waals surface area contributed by atoms with E-state index in [2.05, 4.69) is 28.7 Å². The smallest absolute Gasteiger partial charge is 0.0945 e. The van der Waals surface area contributed by atoms with Crippen molar-refractivity contribution < 1.29 is 5.11 Å². The third-order valence-corrected chi connectivity index (χ3v) is 4.01. The van der Waals surface area contributed by atoms with Gasteiger partial charge in [-0.2, -0.15) is 0 Å². The fraction of sp³-hybridized carbons (Fsp3) is 0.769. The summed E-state index contributed by atoms with van der Waals surface area (Å²) in [5.41, 5.74) is 0.0460. The van der Waals surface area contributed by atoms with E-state index in [0.717, 1.165) is 19.5 Å². The number of unbranched alkanes of at least 4 members (excludes halogenated alkanes) is 1.